The van der Waals surface area contributed by atoms with Crippen LogP contribution < -0.4 is 5.32 Å². The van der Waals surface area contributed by atoms with E-state index in [0.29, 0.717) is 17.4 Å². The van der Waals surface area contributed by atoms with Gasteiger partial charge >= 0.3 is 0 Å². The van der Waals surface area contributed by atoms with Gasteiger partial charge in [0.05, 0.1) is 0 Å². The number of hydrogen-bond donors (Lipinski definition) is 2. The van der Waals surface area contributed by atoms with Crippen molar-refractivity contribution in [2.75, 3.05) is 11.9 Å². The molecule has 1 saturated heterocycles. The van der Waals surface area contributed by atoms with E-state index in [1.165, 1.54) is 0 Å². The van der Waals surface area contributed by atoms with Gasteiger partial charge in [-0.2, -0.15) is 5.10 Å². The van der Waals surface area contributed by atoms with Crippen molar-refractivity contribution in [1.29, 1.82) is 0 Å². The van der Waals surface area contributed by atoms with Crippen molar-refractivity contribution >= 4 is 23.3 Å². The molecule has 2 unspecified atom stereocenters. The van der Waals surface area contributed by atoms with Gasteiger partial charge in [0, 0.05) is 22.9 Å². The maximum atomic E-state index is 12.4. The summed E-state index contributed by atoms with van der Waals surface area (Å²) < 4.78 is 5.50. The first-order valence-corrected chi connectivity index (χ1v) is 7.67. The number of hydrogen-bond acceptors (Lipinski definition) is 3. The van der Waals surface area contributed by atoms with Gasteiger partial charge in [-0.25, -0.2) is 0 Å². The Labute approximate surface area is 134 Å². The number of carbonyl (C=O) groups is 1. The van der Waals surface area contributed by atoms with Crippen molar-refractivity contribution in [3.63, 3.8) is 0 Å². The van der Waals surface area contributed by atoms with Gasteiger partial charge in [0.25, 0.3) is 5.91 Å². The zero-order valence-electron chi connectivity index (χ0n) is 12.5. The number of aromatic amines is 1. The standard InChI is InChI=1S/C16H18ClN3O2/c1-9-6-7-22-14(9)16(21)18-15-13(10(2)19-20-15)11-4-3-5-12(17)8-11/h3-5,8-9,14H,6-7H2,1-2H3,(H2,18,19,20,21). The number of aromatic nitrogens is 2. The van der Waals surface area contributed by atoms with Crippen molar-refractivity contribution < 1.29 is 9.53 Å². The van der Waals surface area contributed by atoms with Crippen LogP contribution in [0.4, 0.5) is 5.82 Å². The number of benzene rings is 1. The normalized spacial score (nSPS) is 21.0. The van der Waals surface area contributed by atoms with E-state index in [0.717, 1.165) is 23.2 Å². The molecule has 0 bridgehead atoms. The number of aryl methyl sites for hydroxylation is 1. The largest absolute Gasteiger partial charge is 0.368 e. The number of nitrogens with zero attached hydrogens (tertiary/aromatic N) is 1. The second-order valence-corrected chi connectivity index (χ2v) is 6.07. The number of halogens is 1. The van der Waals surface area contributed by atoms with Crippen molar-refractivity contribution in [3.8, 4) is 11.1 Å². The summed E-state index contributed by atoms with van der Waals surface area (Å²) in [5, 5.41) is 10.6. The van der Waals surface area contributed by atoms with Gasteiger partial charge in [-0.3, -0.25) is 9.89 Å². The van der Waals surface area contributed by atoms with Gasteiger partial charge in [0.2, 0.25) is 0 Å². The summed E-state index contributed by atoms with van der Waals surface area (Å²) in [5.41, 5.74) is 2.63. The predicted octanol–water partition coefficient (Wildman–Crippen LogP) is 3.40. The highest BCUT2D eigenvalue weighted by Crippen LogP contribution is 2.31. The summed E-state index contributed by atoms with van der Waals surface area (Å²) in [7, 11) is 0. The molecule has 2 heterocycles. The number of amides is 1. The van der Waals surface area contributed by atoms with Crippen LogP contribution in [0.3, 0.4) is 0 Å². The molecule has 1 fully saturated rings. The van der Waals surface area contributed by atoms with E-state index in [9.17, 15) is 4.79 Å². The van der Waals surface area contributed by atoms with Crippen LogP contribution >= 0.6 is 11.6 Å². The predicted molar refractivity (Wildman–Crippen MR) is 85.9 cm³/mol. The number of H-pyrrole nitrogens is 1. The number of ether oxygens (including phenoxy) is 1. The molecule has 1 aromatic carbocycles. The number of rotatable bonds is 3. The number of nitrogens with one attached hydrogen (secondary N) is 2. The lowest BCUT2D eigenvalue weighted by Crippen LogP contribution is -2.31. The Balaban J connectivity index is 1.88. The smallest absolute Gasteiger partial charge is 0.254 e. The average molecular weight is 320 g/mol. The lowest BCUT2D eigenvalue weighted by molar-refractivity contribution is -0.126. The van der Waals surface area contributed by atoms with E-state index in [-0.39, 0.29) is 11.8 Å². The monoisotopic (exact) mass is 319 g/mol. The van der Waals surface area contributed by atoms with Gasteiger partial charge in [-0.05, 0) is 37.0 Å². The first-order chi connectivity index (χ1) is 10.6. The Morgan fingerprint density at radius 3 is 3.00 bits per heavy atom. The lowest BCUT2D eigenvalue weighted by atomic mass is 10.0. The molecule has 22 heavy (non-hydrogen) atoms. The van der Waals surface area contributed by atoms with Crippen LogP contribution in [0.5, 0.6) is 0 Å². The zero-order chi connectivity index (χ0) is 15.7. The molecule has 6 heteroatoms. The topological polar surface area (TPSA) is 67.0 Å². The molecule has 116 valence electrons. The maximum Gasteiger partial charge on any atom is 0.254 e. The van der Waals surface area contributed by atoms with Crippen LogP contribution in [-0.4, -0.2) is 28.8 Å². The molecule has 1 aromatic heterocycles. The summed E-state index contributed by atoms with van der Waals surface area (Å²) in [6.07, 6.45) is 0.489. The quantitative estimate of drug-likeness (QED) is 0.911. The summed E-state index contributed by atoms with van der Waals surface area (Å²) in [5.74, 6) is 0.571. The minimum atomic E-state index is -0.413. The Bertz CT molecular complexity index is 698. The molecular weight excluding hydrogens is 302 g/mol. The molecule has 0 radical (unpaired) electrons. The van der Waals surface area contributed by atoms with Gasteiger partial charge in [-0.15, -0.1) is 0 Å². The highest BCUT2D eigenvalue weighted by atomic mass is 35.5. The Kier molecular flexibility index (Phi) is 4.18. The summed E-state index contributed by atoms with van der Waals surface area (Å²) >= 11 is 6.06. The SMILES string of the molecule is Cc1[nH]nc(NC(=O)C2OCCC2C)c1-c1cccc(Cl)c1. The fourth-order valence-electron chi connectivity index (χ4n) is 2.74. The molecule has 1 amide bonds. The molecule has 2 atom stereocenters. The van der Waals surface area contributed by atoms with Gasteiger partial charge < -0.3 is 10.1 Å². The van der Waals surface area contributed by atoms with Crippen LogP contribution in [0, 0.1) is 12.8 Å². The average Bonchev–Trinajstić information content (AvgIpc) is 3.05. The summed E-state index contributed by atoms with van der Waals surface area (Å²) in [6.45, 7) is 4.55. The lowest BCUT2D eigenvalue weighted by Gasteiger charge is -2.14. The van der Waals surface area contributed by atoms with Crippen LogP contribution in [0.1, 0.15) is 19.0 Å². The van der Waals surface area contributed by atoms with Crippen molar-refractivity contribution in [3.05, 3.63) is 35.0 Å². The van der Waals surface area contributed by atoms with E-state index >= 15 is 0 Å². The minimum Gasteiger partial charge on any atom is -0.368 e. The number of carbonyl (C=O) groups excluding carboxylic acids is 1. The molecule has 5 nitrogen and oxygen atoms in total. The van der Waals surface area contributed by atoms with Gasteiger partial charge in [0.1, 0.15) is 6.10 Å². The van der Waals surface area contributed by atoms with Crippen LogP contribution in [0.25, 0.3) is 11.1 Å². The highest BCUT2D eigenvalue weighted by Gasteiger charge is 2.31. The van der Waals surface area contributed by atoms with Crippen molar-refractivity contribution in [2.45, 2.75) is 26.4 Å². The minimum absolute atomic E-state index is 0.153. The molecule has 2 N–H and O–H groups in total. The third-order valence-electron chi connectivity index (χ3n) is 3.95. The molecular formula is C16H18ClN3O2. The molecule has 0 spiro atoms. The number of anilines is 1. The van der Waals surface area contributed by atoms with E-state index < -0.39 is 6.10 Å². The van der Waals surface area contributed by atoms with E-state index in [4.69, 9.17) is 16.3 Å². The Morgan fingerprint density at radius 1 is 1.50 bits per heavy atom. The van der Waals surface area contributed by atoms with Crippen LogP contribution in [0.2, 0.25) is 5.02 Å². The molecule has 1 aliphatic rings. The molecule has 3 rings (SSSR count). The van der Waals surface area contributed by atoms with Crippen molar-refractivity contribution in [1.82, 2.24) is 10.2 Å². The molecule has 0 aliphatic carbocycles. The van der Waals surface area contributed by atoms with E-state index in [2.05, 4.69) is 15.5 Å². The zero-order valence-corrected chi connectivity index (χ0v) is 13.3. The van der Waals surface area contributed by atoms with Crippen molar-refractivity contribution in [2.24, 2.45) is 5.92 Å². The van der Waals surface area contributed by atoms with Gasteiger partial charge in [0.15, 0.2) is 5.82 Å². The second kappa shape index (κ2) is 6.10. The third kappa shape index (κ3) is 2.87. The molecule has 1 aliphatic heterocycles. The first kappa shape index (κ1) is 15.1. The maximum absolute atomic E-state index is 12.4. The Morgan fingerprint density at radius 2 is 2.32 bits per heavy atom. The highest BCUT2D eigenvalue weighted by molar-refractivity contribution is 6.30. The fraction of sp³-hybridized carbons (Fsp3) is 0.375. The fourth-order valence-corrected chi connectivity index (χ4v) is 2.93. The van der Waals surface area contributed by atoms with E-state index in [1.807, 2.05) is 38.1 Å². The molecule has 2 aromatic rings. The second-order valence-electron chi connectivity index (χ2n) is 5.63. The Hall–Kier alpha value is -1.85. The summed E-state index contributed by atoms with van der Waals surface area (Å²) in [6, 6.07) is 7.47. The van der Waals surface area contributed by atoms with Crippen LogP contribution in [-0.2, 0) is 9.53 Å². The van der Waals surface area contributed by atoms with E-state index in [1.54, 1.807) is 0 Å². The molecule has 0 saturated carbocycles. The first-order valence-electron chi connectivity index (χ1n) is 7.29. The van der Waals surface area contributed by atoms with Gasteiger partial charge in [-0.1, -0.05) is 30.7 Å². The summed E-state index contributed by atoms with van der Waals surface area (Å²) in [4.78, 5) is 12.4. The van der Waals surface area contributed by atoms with Crippen LogP contribution in [0.15, 0.2) is 24.3 Å². The third-order valence-corrected chi connectivity index (χ3v) is 4.18.